The summed E-state index contributed by atoms with van der Waals surface area (Å²) in [5.74, 6) is 8.63. The van der Waals surface area contributed by atoms with Gasteiger partial charge in [0.05, 0.1) is 17.4 Å². The van der Waals surface area contributed by atoms with E-state index in [0.29, 0.717) is 46.6 Å². The molecule has 272 valence electrons. The summed E-state index contributed by atoms with van der Waals surface area (Å²) in [4.78, 5) is 24.8. The number of carboxylic acids is 1. The molecule has 5 aliphatic carbocycles. The van der Waals surface area contributed by atoms with Gasteiger partial charge in [0.1, 0.15) is 18.0 Å². The molecule has 0 bridgehead atoms. The molecule has 10 atom stereocenters. The van der Waals surface area contributed by atoms with Crippen molar-refractivity contribution in [2.45, 2.75) is 139 Å². The van der Waals surface area contributed by atoms with E-state index in [0.717, 1.165) is 44.9 Å². The number of nitriles is 1. The van der Waals surface area contributed by atoms with E-state index in [1.807, 2.05) is 0 Å². The Kier molecular flexibility index (Phi) is 9.14. The van der Waals surface area contributed by atoms with Crippen LogP contribution >= 0.6 is 0 Å². The van der Waals surface area contributed by atoms with Gasteiger partial charge in [-0.25, -0.2) is 4.39 Å². The van der Waals surface area contributed by atoms with Crippen molar-refractivity contribution in [3.63, 3.8) is 0 Å². The minimum atomic E-state index is -1.15. The number of esters is 1. The van der Waals surface area contributed by atoms with Gasteiger partial charge in [-0.3, -0.25) is 9.59 Å². The van der Waals surface area contributed by atoms with Crippen LogP contribution in [0.5, 0.6) is 0 Å². The highest BCUT2D eigenvalue weighted by Gasteiger charge is 2.71. The third kappa shape index (κ3) is 5.53. The summed E-state index contributed by atoms with van der Waals surface area (Å²) in [5, 5.41) is 19.3. The Morgan fingerprint density at radius 1 is 0.940 bits per heavy atom. The molecule has 6 heteroatoms. The Labute approximate surface area is 300 Å². The van der Waals surface area contributed by atoms with E-state index >= 15 is 0 Å². The monoisotopic (exact) mass is 685 g/mol. The fraction of sp³-hybridized carbons (Fsp3) is 0.750. The molecule has 8 unspecified atom stereocenters. The van der Waals surface area contributed by atoms with E-state index in [4.69, 9.17) is 4.74 Å². The summed E-state index contributed by atoms with van der Waals surface area (Å²) < 4.78 is 20.5. The van der Waals surface area contributed by atoms with Crippen molar-refractivity contribution >= 4 is 11.9 Å². The van der Waals surface area contributed by atoms with Crippen molar-refractivity contribution in [3.8, 4) is 17.9 Å². The number of carbonyl (C=O) groups is 2. The maximum Gasteiger partial charge on any atom is 0.309 e. The molecule has 5 nitrogen and oxygen atoms in total. The number of carbonyl (C=O) groups excluding carboxylic acids is 1. The number of halogens is 1. The first-order chi connectivity index (χ1) is 23.3. The lowest BCUT2D eigenvalue weighted by atomic mass is 9.32. The zero-order valence-electron chi connectivity index (χ0n) is 32.0. The minimum absolute atomic E-state index is 0.110. The Morgan fingerprint density at radius 3 is 2.32 bits per heavy atom. The SMILES string of the molecule is CC(C)[C@@H]1CCC2(C#Cc3cc(F)ccc3C#N)CC[C@]3(C)C(CCC4C5(C)CCC(OC(=O)CC(C)(C)C(=O)O)C(C)(C)C5CCC43C)C12. The summed E-state index contributed by atoms with van der Waals surface area (Å²) in [6, 6.07) is 6.55. The number of carboxylic acid groups (broad SMARTS) is 1. The van der Waals surface area contributed by atoms with Crippen LogP contribution < -0.4 is 0 Å². The van der Waals surface area contributed by atoms with E-state index in [1.165, 1.54) is 31.4 Å². The van der Waals surface area contributed by atoms with Gasteiger partial charge in [-0.15, -0.1) is 0 Å². The molecule has 5 aliphatic rings. The fourth-order valence-electron chi connectivity index (χ4n) is 13.3. The lowest BCUT2D eigenvalue weighted by Gasteiger charge is -2.72. The number of hydrogen-bond acceptors (Lipinski definition) is 4. The molecule has 0 aliphatic heterocycles. The number of fused-ring (bicyclic) bond motifs is 7. The third-order valence-corrected chi connectivity index (χ3v) is 16.3. The van der Waals surface area contributed by atoms with Gasteiger partial charge in [-0.05, 0) is 148 Å². The summed E-state index contributed by atoms with van der Waals surface area (Å²) in [7, 11) is 0. The molecule has 5 saturated carbocycles. The highest BCUT2D eigenvalue weighted by molar-refractivity contribution is 5.81. The Bertz CT molecular complexity index is 1640. The number of nitrogens with zero attached hydrogens (tertiary/aromatic N) is 1. The molecule has 1 aromatic rings. The van der Waals surface area contributed by atoms with E-state index in [2.05, 4.69) is 66.4 Å². The Hall–Kier alpha value is -2.86. The fourth-order valence-corrected chi connectivity index (χ4v) is 13.3. The predicted molar refractivity (Wildman–Crippen MR) is 193 cm³/mol. The summed E-state index contributed by atoms with van der Waals surface area (Å²) >= 11 is 0. The van der Waals surface area contributed by atoms with Gasteiger partial charge in [0.2, 0.25) is 0 Å². The second-order valence-electron chi connectivity index (χ2n) is 19.6. The first-order valence-electron chi connectivity index (χ1n) is 19.4. The molecule has 5 fully saturated rings. The van der Waals surface area contributed by atoms with Gasteiger partial charge in [-0.2, -0.15) is 5.26 Å². The Morgan fingerprint density at radius 2 is 1.66 bits per heavy atom. The largest absolute Gasteiger partial charge is 0.481 e. The second kappa shape index (κ2) is 12.4. The normalized spacial score (nSPS) is 40.2. The summed E-state index contributed by atoms with van der Waals surface area (Å²) in [5.41, 5.74) is -0.0436. The first kappa shape index (κ1) is 36.9. The zero-order valence-corrected chi connectivity index (χ0v) is 32.0. The third-order valence-electron chi connectivity index (χ3n) is 16.3. The average Bonchev–Trinajstić information content (AvgIpc) is 3.42. The van der Waals surface area contributed by atoms with Crippen molar-refractivity contribution in [3.05, 3.63) is 35.1 Å². The van der Waals surface area contributed by atoms with Crippen molar-refractivity contribution in [2.24, 2.45) is 68.0 Å². The second-order valence-corrected chi connectivity index (χ2v) is 19.6. The molecule has 6 rings (SSSR count). The molecular weight excluding hydrogens is 625 g/mol. The highest BCUT2D eigenvalue weighted by atomic mass is 19.1. The van der Waals surface area contributed by atoms with Crippen LogP contribution in [0.1, 0.15) is 144 Å². The minimum Gasteiger partial charge on any atom is -0.481 e. The molecule has 0 heterocycles. The van der Waals surface area contributed by atoms with Crippen LogP contribution in [-0.4, -0.2) is 23.1 Å². The average molecular weight is 686 g/mol. The van der Waals surface area contributed by atoms with Gasteiger partial charge >= 0.3 is 11.9 Å². The first-order valence-corrected chi connectivity index (χ1v) is 19.4. The number of aliphatic carboxylic acids is 1. The molecular formula is C44H60FNO4. The van der Waals surface area contributed by atoms with E-state index in [1.54, 1.807) is 19.9 Å². The van der Waals surface area contributed by atoms with Crippen LogP contribution in [0.3, 0.4) is 0 Å². The van der Waals surface area contributed by atoms with Crippen LogP contribution in [-0.2, 0) is 14.3 Å². The highest BCUT2D eigenvalue weighted by Crippen LogP contribution is 2.77. The Balaban J connectivity index is 1.29. The zero-order chi connectivity index (χ0) is 36.7. The molecule has 0 saturated heterocycles. The van der Waals surface area contributed by atoms with E-state index in [9.17, 15) is 24.3 Å². The van der Waals surface area contributed by atoms with Crippen molar-refractivity contribution in [1.82, 2.24) is 0 Å². The molecule has 0 aromatic heterocycles. The number of hydrogen-bond donors (Lipinski definition) is 1. The van der Waals surface area contributed by atoms with Crippen molar-refractivity contribution in [2.75, 3.05) is 0 Å². The molecule has 0 radical (unpaired) electrons. The smallest absolute Gasteiger partial charge is 0.309 e. The van der Waals surface area contributed by atoms with Gasteiger partial charge < -0.3 is 9.84 Å². The topological polar surface area (TPSA) is 87.4 Å². The van der Waals surface area contributed by atoms with Crippen LogP contribution in [0.4, 0.5) is 4.39 Å². The van der Waals surface area contributed by atoms with Gasteiger partial charge in [0.25, 0.3) is 0 Å². The molecule has 1 N–H and O–H groups in total. The molecule has 50 heavy (non-hydrogen) atoms. The lowest BCUT2D eigenvalue weighted by Crippen LogP contribution is -2.66. The van der Waals surface area contributed by atoms with Crippen LogP contribution in [0, 0.1) is 97.0 Å². The maximum atomic E-state index is 14.3. The van der Waals surface area contributed by atoms with Crippen LogP contribution in [0.2, 0.25) is 0 Å². The van der Waals surface area contributed by atoms with E-state index < -0.39 is 17.4 Å². The van der Waals surface area contributed by atoms with Gasteiger partial charge in [0, 0.05) is 16.4 Å². The lowest BCUT2D eigenvalue weighted by molar-refractivity contribution is -0.248. The predicted octanol–water partition coefficient (Wildman–Crippen LogP) is 10.2. The van der Waals surface area contributed by atoms with Gasteiger partial charge in [0.15, 0.2) is 0 Å². The number of rotatable bonds is 5. The van der Waals surface area contributed by atoms with Gasteiger partial charge in [-0.1, -0.05) is 60.3 Å². The van der Waals surface area contributed by atoms with Crippen LogP contribution in [0.25, 0.3) is 0 Å². The molecule has 0 amide bonds. The quantitative estimate of drug-likeness (QED) is 0.246. The van der Waals surface area contributed by atoms with Crippen molar-refractivity contribution < 1.29 is 23.8 Å². The molecule has 0 spiro atoms. The van der Waals surface area contributed by atoms with E-state index in [-0.39, 0.29) is 45.4 Å². The summed E-state index contributed by atoms with van der Waals surface area (Å²) in [6.45, 7) is 20.3. The van der Waals surface area contributed by atoms with Crippen molar-refractivity contribution in [1.29, 1.82) is 5.26 Å². The molecule has 1 aromatic carbocycles. The number of benzene rings is 1. The van der Waals surface area contributed by atoms with Crippen LogP contribution in [0.15, 0.2) is 18.2 Å². The maximum absolute atomic E-state index is 14.3. The standard InChI is InChI=1S/C44H60FNO4/c1-27(2)31-15-21-44(20-14-28-24-30(45)11-10-29(28)26-46)23-22-42(8)32(37(31)44)12-13-34-41(7)18-17-35(50-36(47)25-39(3,4)38(48)49)40(5,6)33(41)16-19-43(34,42)9/h10-11,24,27,31-35,37H,12-13,15-19,21-23,25H2,1-9H3,(H,48,49)/t31-,32?,33?,34?,35?,37?,41?,42+,43?,44?/m0/s1. The number of ether oxygens (including phenoxy) is 1. The summed E-state index contributed by atoms with van der Waals surface area (Å²) in [6.07, 6.45) is 10.6.